The zero-order valence-electron chi connectivity index (χ0n) is 9.74. The molecule has 4 heteroatoms. The zero-order chi connectivity index (χ0) is 12.4. The summed E-state index contributed by atoms with van der Waals surface area (Å²) >= 11 is 5.79. The van der Waals surface area contributed by atoms with Gasteiger partial charge in [-0.05, 0) is 42.9 Å². The number of anilines is 1. The fourth-order valence-corrected chi connectivity index (χ4v) is 2.12. The molecule has 1 aliphatic rings. The summed E-state index contributed by atoms with van der Waals surface area (Å²) in [4.78, 5) is 11.1. The van der Waals surface area contributed by atoms with Crippen molar-refractivity contribution in [2.45, 2.75) is 19.8 Å². The van der Waals surface area contributed by atoms with E-state index in [2.05, 4.69) is 12.2 Å². The number of hydrogen-bond donors (Lipinski definition) is 2. The maximum Gasteiger partial charge on any atom is 0.337 e. The van der Waals surface area contributed by atoms with Gasteiger partial charge in [0.2, 0.25) is 0 Å². The van der Waals surface area contributed by atoms with E-state index in [0.717, 1.165) is 12.5 Å². The Morgan fingerprint density at radius 1 is 1.59 bits per heavy atom. The first-order chi connectivity index (χ1) is 8.08. The Morgan fingerprint density at radius 3 is 2.88 bits per heavy atom. The van der Waals surface area contributed by atoms with Gasteiger partial charge < -0.3 is 10.4 Å². The number of carboxylic acid groups (broad SMARTS) is 1. The van der Waals surface area contributed by atoms with Gasteiger partial charge in [0.05, 0.1) is 5.56 Å². The second-order valence-electron chi connectivity index (χ2n) is 4.69. The molecule has 1 aromatic carbocycles. The van der Waals surface area contributed by atoms with Gasteiger partial charge in [-0.1, -0.05) is 18.5 Å². The predicted molar refractivity (Wildman–Crippen MR) is 68.8 cm³/mol. The highest BCUT2D eigenvalue weighted by atomic mass is 35.5. The van der Waals surface area contributed by atoms with Crippen molar-refractivity contribution in [2.75, 3.05) is 11.9 Å². The van der Waals surface area contributed by atoms with Crippen molar-refractivity contribution >= 4 is 23.3 Å². The molecule has 1 fully saturated rings. The van der Waals surface area contributed by atoms with E-state index >= 15 is 0 Å². The van der Waals surface area contributed by atoms with Gasteiger partial charge in [0.15, 0.2) is 0 Å². The normalized spacial score (nSPS) is 16.6. The summed E-state index contributed by atoms with van der Waals surface area (Å²) < 4.78 is 0. The Kier molecular flexibility index (Phi) is 3.57. The van der Waals surface area contributed by atoms with E-state index in [1.807, 2.05) is 0 Å². The number of nitrogens with one attached hydrogen (secondary N) is 1. The Bertz CT molecular complexity index is 429. The van der Waals surface area contributed by atoms with Crippen LogP contribution in [0.15, 0.2) is 18.2 Å². The van der Waals surface area contributed by atoms with Gasteiger partial charge in [0, 0.05) is 17.3 Å². The standard InChI is InChI=1S/C13H16ClNO2/c1-8(9-2-3-9)7-15-12-5-4-10(14)6-11(12)13(16)17/h4-6,8-9,15H,2-3,7H2,1H3,(H,16,17). The van der Waals surface area contributed by atoms with Gasteiger partial charge in [-0.25, -0.2) is 4.79 Å². The van der Waals surface area contributed by atoms with Crippen LogP contribution in [0.25, 0.3) is 0 Å². The molecule has 0 aliphatic heterocycles. The highest BCUT2D eigenvalue weighted by Crippen LogP contribution is 2.36. The minimum atomic E-state index is -0.950. The summed E-state index contributed by atoms with van der Waals surface area (Å²) in [6.45, 7) is 3.01. The van der Waals surface area contributed by atoms with Gasteiger partial charge in [0.25, 0.3) is 0 Å². The monoisotopic (exact) mass is 253 g/mol. The topological polar surface area (TPSA) is 49.3 Å². The fourth-order valence-electron chi connectivity index (χ4n) is 1.95. The maximum atomic E-state index is 11.1. The molecule has 0 heterocycles. The first-order valence-electron chi connectivity index (χ1n) is 5.84. The van der Waals surface area contributed by atoms with E-state index in [1.54, 1.807) is 12.1 Å². The third-order valence-corrected chi connectivity index (χ3v) is 3.49. The SMILES string of the molecule is CC(CNc1ccc(Cl)cc1C(=O)O)C1CC1. The third kappa shape index (κ3) is 3.13. The molecular formula is C13H16ClNO2. The summed E-state index contributed by atoms with van der Waals surface area (Å²) in [5.41, 5.74) is 0.884. The number of halogens is 1. The van der Waals surface area contributed by atoms with Crippen LogP contribution in [0, 0.1) is 11.8 Å². The van der Waals surface area contributed by atoms with Crippen LogP contribution in [-0.4, -0.2) is 17.6 Å². The lowest BCUT2D eigenvalue weighted by molar-refractivity contribution is 0.0698. The number of carboxylic acids is 1. The minimum Gasteiger partial charge on any atom is -0.478 e. The van der Waals surface area contributed by atoms with Crippen LogP contribution in [0.3, 0.4) is 0 Å². The highest BCUT2D eigenvalue weighted by Gasteiger charge is 2.27. The lowest BCUT2D eigenvalue weighted by atomic mass is 10.1. The van der Waals surface area contributed by atoms with Gasteiger partial charge in [0.1, 0.15) is 0 Å². The van der Waals surface area contributed by atoms with E-state index < -0.39 is 5.97 Å². The molecule has 3 nitrogen and oxygen atoms in total. The van der Waals surface area contributed by atoms with Gasteiger partial charge in [-0.3, -0.25) is 0 Å². The summed E-state index contributed by atoms with van der Waals surface area (Å²) in [6.07, 6.45) is 2.60. The number of aromatic carboxylic acids is 1. The molecule has 92 valence electrons. The lowest BCUT2D eigenvalue weighted by Gasteiger charge is -2.14. The molecule has 2 rings (SSSR count). The quantitative estimate of drug-likeness (QED) is 0.844. The highest BCUT2D eigenvalue weighted by molar-refractivity contribution is 6.31. The molecule has 17 heavy (non-hydrogen) atoms. The number of rotatable bonds is 5. The second-order valence-corrected chi connectivity index (χ2v) is 5.13. The largest absolute Gasteiger partial charge is 0.478 e. The molecule has 0 spiro atoms. The number of hydrogen-bond acceptors (Lipinski definition) is 2. The molecule has 1 unspecified atom stereocenters. The first kappa shape index (κ1) is 12.2. The van der Waals surface area contributed by atoms with Crippen molar-refractivity contribution in [3.63, 3.8) is 0 Å². The van der Waals surface area contributed by atoms with Crippen molar-refractivity contribution in [3.8, 4) is 0 Å². The van der Waals surface area contributed by atoms with Crippen molar-refractivity contribution in [1.82, 2.24) is 0 Å². The van der Waals surface area contributed by atoms with Crippen LogP contribution in [0.5, 0.6) is 0 Å². The van der Waals surface area contributed by atoms with E-state index in [-0.39, 0.29) is 5.56 Å². The van der Waals surface area contributed by atoms with Crippen LogP contribution in [0.2, 0.25) is 5.02 Å². The molecule has 1 atom stereocenters. The zero-order valence-corrected chi connectivity index (χ0v) is 10.5. The molecular weight excluding hydrogens is 238 g/mol. The summed E-state index contributed by atoms with van der Waals surface area (Å²) in [7, 11) is 0. The van der Waals surface area contributed by atoms with Crippen molar-refractivity contribution in [1.29, 1.82) is 0 Å². The molecule has 1 saturated carbocycles. The molecule has 0 radical (unpaired) electrons. The molecule has 1 aliphatic carbocycles. The Balaban J connectivity index is 2.06. The third-order valence-electron chi connectivity index (χ3n) is 3.25. The van der Waals surface area contributed by atoms with Crippen LogP contribution in [0.1, 0.15) is 30.1 Å². The average molecular weight is 254 g/mol. The minimum absolute atomic E-state index is 0.237. The Labute approximate surface area is 106 Å². The van der Waals surface area contributed by atoms with Crippen molar-refractivity contribution in [3.05, 3.63) is 28.8 Å². The van der Waals surface area contributed by atoms with E-state index in [9.17, 15) is 4.79 Å². The summed E-state index contributed by atoms with van der Waals surface area (Å²) in [5.74, 6) is 0.449. The van der Waals surface area contributed by atoms with Gasteiger partial charge in [-0.2, -0.15) is 0 Å². The van der Waals surface area contributed by atoms with Gasteiger partial charge >= 0.3 is 5.97 Å². The van der Waals surface area contributed by atoms with Crippen molar-refractivity contribution < 1.29 is 9.90 Å². The molecule has 0 saturated heterocycles. The molecule has 0 amide bonds. The number of carbonyl (C=O) groups is 1. The molecule has 1 aromatic rings. The van der Waals surface area contributed by atoms with Crippen LogP contribution >= 0.6 is 11.6 Å². The van der Waals surface area contributed by atoms with E-state index in [1.165, 1.54) is 18.9 Å². The maximum absolute atomic E-state index is 11.1. The summed E-state index contributed by atoms with van der Waals surface area (Å²) in [6, 6.07) is 4.91. The molecule has 0 aromatic heterocycles. The summed E-state index contributed by atoms with van der Waals surface area (Å²) in [5, 5.41) is 12.7. The fraction of sp³-hybridized carbons (Fsp3) is 0.462. The Hall–Kier alpha value is -1.22. The molecule has 0 bridgehead atoms. The van der Waals surface area contributed by atoms with E-state index in [0.29, 0.717) is 16.6 Å². The second kappa shape index (κ2) is 4.96. The van der Waals surface area contributed by atoms with Crippen LogP contribution in [0.4, 0.5) is 5.69 Å². The average Bonchev–Trinajstić information content (AvgIpc) is 3.10. The van der Waals surface area contributed by atoms with E-state index in [4.69, 9.17) is 16.7 Å². The number of benzene rings is 1. The predicted octanol–water partition coefficient (Wildman–Crippen LogP) is 3.50. The first-order valence-corrected chi connectivity index (χ1v) is 6.22. The Morgan fingerprint density at radius 2 is 2.29 bits per heavy atom. The smallest absolute Gasteiger partial charge is 0.337 e. The van der Waals surface area contributed by atoms with Gasteiger partial charge in [-0.15, -0.1) is 0 Å². The van der Waals surface area contributed by atoms with Crippen LogP contribution < -0.4 is 5.32 Å². The van der Waals surface area contributed by atoms with Crippen LogP contribution in [-0.2, 0) is 0 Å². The van der Waals surface area contributed by atoms with Crippen molar-refractivity contribution in [2.24, 2.45) is 11.8 Å². The molecule has 2 N–H and O–H groups in total. The lowest BCUT2D eigenvalue weighted by Crippen LogP contribution is -2.15.